The standard InChI is InChI=1S/C17H18Cl2O/c1-10-4-11(2)16(12(3)5-10)9-17(20)13-6-14(18)8-15(19)7-13/h4-8,17,20H,9H2,1-3H3. The second kappa shape index (κ2) is 6.17. The molecule has 0 radical (unpaired) electrons. The maximum absolute atomic E-state index is 10.4. The fourth-order valence-corrected chi connectivity index (χ4v) is 3.15. The van der Waals surface area contributed by atoms with Gasteiger partial charge in [0.2, 0.25) is 0 Å². The van der Waals surface area contributed by atoms with Crippen LogP contribution in [0.15, 0.2) is 30.3 Å². The van der Waals surface area contributed by atoms with Crippen LogP contribution in [-0.4, -0.2) is 5.11 Å². The van der Waals surface area contributed by atoms with Crippen LogP contribution in [0.2, 0.25) is 10.0 Å². The minimum atomic E-state index is -0.605. The van der Waals surface area contributed by atoms with Gasteiger partial charge in [-0.1, -0.05) is 40.9 Å². The Kier molecular flexibility index (Phi) is 4.74. The maximum atomic E-state index is 10.4. The highest BCUT2D eigenvalue weighted by Crippen LogP contribution is 2.28. The number of aryl methyl sites for hydroxylation is 3. The predicted molar refractivity (Wildman–Crippen MR) is 85.8 cm³/mol. The zero-order valence-corrected chi connectivity index (χ0v) is 13.4. The summed E-state index contributed by atoms with van der Waals surface area (Å²) in [7, 11) is 0. The monoisotopic (exact) mass is 308 g/mol. The molecule has 0 saturated heterocycles. The van der Waals surface area contributed by atoms with Gasteiger partial charge in [0.05, 0.1) is 6.10 Å². The van der Waals surface area contributed by atoms with Crippen molar-refractivity contribution in [2.45, 2.75) is 33.3 Å². The van der Waals surface area contributed by atoms with Gasteiger partial charge in [-0.3, -0.25) is 0 Å². The van der Waals surface area contributed by atoms with Gasteiger partial charge in [-0.2, -0.15) is 0 Å². The molecule has 0 fully saturated rings. The first-order chi connectivity index (χ1) is 9.36. The number of aliphatic hydroxyl groups is 1. The van der Waals surface area contributed by atoms with Crippen LogP contribution < -0.4 is 0 Å². The summed E-state index contributed by atoms with van der Waals surface area (Å²) in [5.74, 6) is 0. The smallest absolute Gasteiger partial charge is 0.0831 e. The first-order valence-corrected chi connectivity index (χ1v) is 7.33. The van der Waals surface area contributed by atoms with Crippen LogP contribution in [-0.2, 0) is 6.42 Å². The highest BCUT2D eigenvalue weighted by Gasteiger charge is 2.13. The number of hydrogen-bond donors (Lipinski definition) is 1. The molecule has 1 unspecified atom stereocenters. The fourth-order valence-electron chi connectivity index (χ4n) is 2.61. The first kappa shape index (κ1) is 15.4. The van der Waals surface area contributed by atoms with Crippen LogP contribution in [0.4, 0.5) is 0 Å². The van der Waals surface area contributed by atoms with Gasteiger partial charge in [0.25, 0.3) is 0 Å². The van der Waals surface area contributed by atoms with E-state index in [1.807, 2.05) is 0 Å². The van der Waals surface area contributed by atoms with Crippen molar-refractivity contribution in [3.05, 3.63) is 68.2 Å². The van der Waals surface area contributed by atoms with E-state index >= 15 is 0 Å². The van der Waals surface area contributed by atoms with E-state index in [-0.39, 0.29) is 0 Å². The summed E-state index contributed by atoms with van der Waals surface area (Å²) >= 11 is 12.0. The largest absolute Gasteiger partial charge is 0.388 e. The Bertz CT molecular complexity index is 592. The van der Waals surface area contributed by atoms with Crippen molar-refractivity contribution in [1.29, 1.82) is 0 Å². The van der Waals surface area contributed by atoms with Gasteiger partial charge < -0.3 is 5.11 Å². The van der Waals surface area contributed by atoms with Gasteiger partial charge in [0, 0.05) is 16.5 Å². The Morgan fingerprint density at radius 1 is 0.900 bits per heavy atom. The van der Waals surface area contributed by atoms with Crippen molar-refractivity contribution >= 4 is 23.2 Å². The molecule has 106 valence electrons. The van der Waals surface area contributed by atoms with Crippen LogP contribution in [0, 0.1) is 20.8 Å². The lowest BCUT2D eigenvalue weighted by molar-refractivity contribution is 0.178. The molecule has 1 atom stereocenters. The zero-order chi connectivity index (χ0) is 14.9. The van der Waals surface area contributed by atoms with E-state index in [1.54, 1.807) is 18.2 Å². The number of rotatable bonds is 3. The molecule has 0 amide bonds. The Morgan fingerprint density at radius 2 is 1.40 bits per heavy atom. The minimum absolute atomic E-state index is 0.545. The molecule has 3 heteroatoms. The van der Waals surface area contributed by atoms with E-state index in [9.17, 15) is 5.11 Å². The lowest BCUT2D eigenvalue weighted by atomic mass is 9.93. The van der Waals surface area contributed by atoms with E-state index in [2.05, 4.69) is 32.9 Å². The second-order valence-corrected chi connectivity index (χ2v) is 6.17. The molecule has 1 nitrogen and oxygen atoms in total. The Hall–Kier alpha value is -1.02. The van der Waals surface area contributed by atoms with Crippen molar-refractivity contribution in [3.63, 3.8) is 0 Å². The molecule has 0 spiro atoms. The Morgan fingerprint density at radius 3 is 1.90 bits per heavy atom. The maximum Gasteiger partial charge on any atom is 0.0831 e. The molecule has 20 heavy (non-hydrogen) atoms. The molecule has 2 aromatic carbocycles. The number of halogens is 2. The third kappa shape index (κ3) is 3.54. The summed E-state index contributed by atoms with van der Waals surface area (Å²) < 4.78 is 0. The summed E-state index contributed by atoms with van der Waals surface area (Å²) in [6, 6.07) is 9.47. The summed E-state index contributed by atoms with van der Waals surface area (Å²) in [6.07, 6.45) is -0.0412. The minimum Gasteiger partial charge on any atom is -0.388 e. The number of benzene rings is 2. The van der Waals surface area contributed by atoms with Crippen LogP contribution in [0.25, 0.3) is 0 Å². The molecule has 2 rings (SSSR count). The van der Waals surface area contributed by atoms with E-state index in [1.165, 1.54) is 22.3 Å². The summed E-state index contributed by atoms with van der Waals surface area (Å²) in [5.41, 5.74) is 5.58. The van der Waals surface area contributed by atoms with Crippen molar-refractivity contribution in [2.24, 2.45) is 0 Å². The lowest BCUT2D eigenvalue weighted by Crippen LogP contribution is -2.05. The van der Waals surface area contributed by atoms with E-state index in [4.69, 9.17) is 23.2 Å². The molecular weight excluding hydrogens is 291 g/mol. The average molecular weight is 309 g/mol. The summed E-state index contributed by atoms with van der Waals surface area (Å²) in [5, 5.41) is 11.5. The Balaban J connectivity index is 2.30. The Labute approximate surface area is 130 Å². The van der Waals surface area contributed by atoms with E-state index in [0.29, 0.717) is 16.5 Å². The molecule has 0 aromatic heterocycles. The summed E-state index contributed by atoms with van der Waals surface area (Å²) in [4.78, 5) is 0. The number of hydrogen-bond acceptors (Lipinski definition) is 1. The molecule has 1 N–H and O–H groups in total. The highest BCUT2D eigenvalue weighted by atomic mass is 35.5. The van der Waals surface area contributed by atoms with Gasteiger partial charge in [-0.15, -0.1) is 0 Å². The van der Waals surface area contributed by atoms with Gasteiger partial charge in [-0.25, -0.2) is 0 Å². The topological polar surface area (TPSA) is 20.2 Å². The molecule has 0 aliphatic carbocycles. The van der Waals surface area contributed by atoms with E-state index < -0.39 is 6.10 Å². The quantitative estimate of drug-likeness (QED) is 0.826. The van der Waals surface area contributed by atoms with Crippen LogP contribution >= 0.6 is 23.2 Å². The van der Waals surface area contributed by atoms with Gasteiger partial charge in [-0.05, 0) is 61.2 Å². The SMILES string of the molecule is Cc1cc(C)c(CC(O)c2cc(Cl)cc(Cl)c2)c(C)c1. The normalized spacial score (nSPS) is 12.5. The zero-order valence-electron chi connectivity index (χ0n) is 11.9. The van der Waals surface area contributed by atoms with Crippen molar-refractivity contribution < 1.29 is 5.11 Å². The van der Waals surface area contributed by atoms with Crippen molar-refractivity contribution in [2.75, 3.05) is 0 Å². The molecular formula is C17H18Cl2O. The first-order valence-electron chi connectivity index (χ1n) is 6.57. The average Bonchev–Trinajstić information content (AvgIpc) is 2.32. The molecule has 0 bridgehead atoms. The van der Waals surface area contributed by atoms with Crippen LogP contribution in [0.3, 0.4) is 0 Å². The predicted octanol–water partition coefficient (Wildman–Crippen LogP) is 5.19. The lowest BCUT2D eigenvalue weighted by Gasteiger charge is -2.16. The third-order valence-corrected chi connectivity index (χ3v) is 3.94. The second-order valence-electron chi connectivity index (χ2n) is 5.30. The molecule has 0 saturated carbocycles. The van der Waals surface area contributed by atoms with Crippen molar-refractivity contribution in [1.82, 2.24) is 0 Å². The van der Waals surface area contributed by atoms with Gasteiger partial charge >= 0.3 is 0 Å². The van der Waals surface area contributed by atoms with Crippen molar-refractivity contribution in [3.8, 4) is 0 Å². The van der Waals surface area contributed by atoms with Crippen LogP contribution in [0.1, 0.15) is 33.9 Å². The van der Waals surface area contributed by atoms with Gasteiger partial charge in [0.1, 0.15) is 0 Å². The number of aliphatic hydroxyl groups excluding tert-OH is 1. The third-order valence-electron chi connectivity index (χ3n) is 3.51. The molecule has 0 aliphatic heterocycles. The van der Waals surface area contributed by atoms with Gasteiger partial charge in [0.15, 0.2) is 0 Å². The molecule has 0 aliphatic rings. The highest BCUT2D eigenvalue weighted by molar-refractivity contribution is 6.34. The van der Waals surface area contributed by atoms with Crippen LogP contribution in [0.5, 0.6) is 0 Å². The summed E-state index contributed by atoms with van der Waals surface area (Å²) in [6.45, 7) is 6.23. The molecule has 2 aromatic rings. The molecule has 0 heterocycles. The fraction of sp³-hybridized carbons (Fsp3) is 0.294. The van der Waals surface area contributed by atoms with E-state index in [0.717, 1.165) is 5.56 Å².